The summed E-state index contributed by atoms with van der Waals surface area (Å²) < 4.78 is 5.44. The SMILES string of the molecule is O=C(NC[C@H](c1cccc(Cl)c1)N1CCOCC1)c1ccncc1. The van der Waals surface area contributed by atoms with Crippen LogP contribution >= 0.6 is 11.6 Å². The number of halogens is 1. The van der Waals surface area contributed by atoms with Crippen LogP contribution in [-0.4, -0.2) is 48.6 Å². The van der Waals surface area contributed by atoms with Gasteiger partial charge in [0.25, 0.3) is 5.91 Å². The molecular formula is C18H20ClN3O2. The maximum Gasteiger partial charge on any atom is 0.251 e. The summed E-state index contributed by atoms with van der Waals surface area (Å²) in [4.78, 5) is 18.6. The third-order valence-corrected chi connectivity index (χ3v) is 4.35. The average Bonchev–Trinajstić information content (AvgIpc) is 2.63. The predicted molar refractivity (Wildman–Crippen MR) is 93.2 cm³/mol. The zero-order valence-corrected chi connectivity index (χ0v) is 14.1. The monoisotopic (exact) mass is 345 g/mol. The van der Waals surface area contributed by atoms with Gasteiger partial charge in [0.1, 0.15) is 0 Å². The molecule has 3 rings (SSSR count). The van der Waals surface area contributed by atoms with Crippen LogP contribution in [0.1, 0.15) is 22.0 Å². The van der Waals surface area contributed by atoms with E-state index in [2.05, 4.69) is 15.2 Å². The highest BCUT2D eigenvalue weighted by Crippen LogP contribution is 2.24. The molecule has 0 saturated carbocycles. The van der Waals surface area contributed by atoms with Crippen molar-refractivity contribution in [1.29, 1.82) is 0 Å². The standard InChI is InChI=1S/C18H20ClN3O2/c19-16-3-1-2-15(12-16)17(22-8-10-24-11-9-22)13-21-18(23)14-4-6-20-7-5-14/h1-7,12,17H,8-11,13H2,(H,21,23)/t17-/m1/s1. The summed E-state index contributed by atoms with van der Waals surface area (Å²) in [6.45, 7) is 3.59. The Morgan fingerprint density at radius 1 is 1.25 bits per heavy atom. The number of ether oxygens (including phenoxy) is 1. The van der Waals surface area contributed by atoms with Gasteiger partial charge in [0.15, 0.2) is 0 Å². The van der Waals surface area contributed by atoms with E-state index in [0.29, 0.717) is 30.3 Å². The van der Waals surface area contributed by atoms with Crippen molar-refractivity contribution >= 4 is 17.5 Å². The number of pyridine rings is 1. The average molecular weight is 346 g/mol. The molecule has 1 amide bonds. The molecule has 1 aliphatic rings. The highest BCUT2D eigenvalue weighted by molar-refractivity contribution is 6.30. The zero-order valence-electron chi connectivity index (χ0n) is 13.3. The Labute approximate surface area is 146 Å². The number of aromatic nitrogens is 1. The first kappa shape index (κ1) is 16.9. The number of morpholine rings is 1. The molecule has 5 nitrogen and oxygen atoms in total. The van der Waals surface area contributed by atoms with Crippen molar-refractivity contribution in [2.45, 2.75) is 6.04 Å². The van der Waals surface area contributed by atoms with Crippen molar-refractivity contribution in [3.63, 3.8) is 0 Å². The van der Waals surface area contributed by atoms with Crippen LogP contribution in [0.15, 0.2) is 48.8 Å². The molecule has 1 fully saturated rings. The fourth-order valence-electron chi connectivity index (χ4n) is 2.86. The summed E-state index contributed by atoms with van der Waals surface area (Å²) in [7, 11) is 0. The smallest absolute Gasteiger partial charge is 0.251 e. The van der Waals surface area contributed by atoms with Gasteiger partial charge in [-0.2, -0.15) is 0 Å². The number of amides is 1. The van der Waals surface area contributed by atoms with Crippen LogP contribution in [0.2, 0.25) is 5.02 Å². The van der Waals surface area contributed by atoms with E-state index in [1.165, 1.54) is 0 Å². The van der Waals surface area contributed by atoms with Gasteiger partial charge in [-0.25, -0.2) is 0 Å². The minimum atomic E-state index is -0.0994. The van der Waals surface area contributed by atoms with E-state index in [4.69, 9.17) is 16.3 Å². The quantitative estimate of drug-likeness (QED) is 0.904. The summed E-state index contributed by atoms with van der Waals surface area (Å²) in [5.41, 5.74) is 1.70. The van der Waals surface area contributed by atoms with E-state index in [1.54, 1.807) is 24.5 Å². The zero-order chi connectivity index (χ0) is 16.8. The second kappa shape index (κ2) is 8.24. The number of benzene rings is 1. The van der Waals surface area contributed by atoms with Crippen LogP contribution in [0.25, 0.3) is 0 Å². The van der Waals surface area contributed by atoms with Crippen molar-refractivity contribution in [3.8, 4) is 0 Å². The van der Waals surface area contributed by atoms with Gasteiger partial charge < -0.3 is 10.1 Å². The van der Waals surface area contributed by atoms with E-state index < -0.39 is 0 Å². The Kier molecular flexibility index (Phi) is 5.80. The molecule has 1 N–H and O–H groups in total. The first-order valence-electron chi connectivity index (χ1n) is 7.99. The fraction of sp³-hybridized carbons (Fsp3) is 0.333. The van der Waals surface area contributed by atoms with Gasteiger partial charge in [-0.3, -0.25) is 14.7 Å². The van der Waals surface area contributed by atoms with E-state index in [9.17, 15) is 4.79 Å². The Bertz CT molecular complexity index is 675. The topological polar surface area (TPSA) is 54.5 Å². The maximum absolute atomic E-state index is 12.3. The molecule has 0 unspecified atom stereocenters. The highest BCUT2D eigenvalue weighted by Gasteiger charge is 2.23. The molecule has 1 aliphatic heterocycles. The number of carbonyl (C=O) groups excluding carboxylic acids is 1. The van der Waals surface area contributed by atoms with E-state index in [-0.39, 0.29) is 11.9 Å². The Hall–Kier alpha value is -1.95. The first-order valence-corrected chi connectivity index (χ1v) is 8.37. The summed E-state index contributed by atoms with van der Waals surface area (Å²) in [6.07, 6.45) is 3.23. The third-order valence-electron chi connectivity index (χ3n) is 4.12. The third kappa shape index (κ3) is 4.32. The molecule has 24 heavy (non-hydrogen) atoms. The largest absolute Gasteiger partial charge is 0.379 e. The predicted octanol–water partition coefficient (Wildman–Crippen LogP) is 2.54. The molecular weight excluding hydrogens is 326 g/mol. The molecule has 0 bridgehead atoms. The summed E-state index contributed by atoms with van der Waals surface area (Å²) in [5.74, 6) is -0.0994. The van der Waals surface area contributed by atoms with Gasteiger partial charge in [0.2, 0.25) is 0 Å². The van der Waals surface area contributed by atoms with Crippen molar-refractivity contribution in [1.82, 2.24) is 15.2 Å². The number of hydrogen-bond donors (Lipinski definition) is 1. The Morgan fingerprint density at radius 3 is 2.71 bits per heavy atom. The van der Waals surface area contributed by atoms with Crippen molar-refractivity contribution in [2.75, 3.05) is 32.8 Å². The molecule has 0 spiro atoms. The Balaban J connectivity index is 1.73. The lowest BCUT2D eigenvalue weighted by atomic mass is 10.0. The molecule has 6 heteroatoms. The van der Waals surface area contributed by atoms with Crippen LogP contribution in [0.5, 0.6) is 0 Å². The lowest BCUT2D eigenvalue weighted by Gasteiger charge is -2.35. The molecule has 1 saturated heterocycles. The minimum absolute atomic E-state index is 0.0680. The van der Waals surface area contributed by atoms with Gasteiger partial charge in [-0.05, 0) is 29.8 Å². The van der Waals surface area contributed by atoms with Crippen LogP contribution in [0.3, 0.4) is 0 Å². The van der Waals surface area contributed by atoms with Gasteiger partial charge in [0, 0.05) is 42.6 Å². The number of hydrogen-bond acceptors (Lipinski definition) is 4. The van der Waals surface area contributed by atoms with Gasteiger partial charge in [0.05, 0.1) is 19.3 Å². The second-order valence-electron chi connectivity index (χ2n) is 5.67. The molecule has 1 aromatic heterocycles. The lowest BCUT2D eigenvalue weighted by Crippen LogP contribution is -2.43. The first-order chi connectivity index (χ1) is 11.7. The van der Waals surface area contributed by atoms with E-state index in [1.807, 2.05) is 24.3 Å². The minimum Gasteiger partial charge on any atom is -0.379 e. The highest BCUT2D eigenvalue weighted by atomic mass is 35.5. The van der Waals surface area contributed by atoms with Gasteiger partial charge in [-0.1, -0.05) is 23.7 Å². The van der Waals surface area contributed by atoms with Crippen LogP contribution in [0.4, 0.5) is 0 Å². The number of carbonyl (C=O) groups is 1. The van der Waals surface area contributed by atoms with Gasteiger partial charge >= 0.3 is 0 Å². The number of nitrogens with zero attached hydrogens (tertiary/aromatic N) is 2. The van der Waals surface area contributed by atoms with Crippen molar-refractivity contribution in [2.24, 2.45) is 0 Å². The summed E-state index contributed by atoms with van der Waals surface area (Å²) in [5, 5.41) is 3.72. The van der Waals surface area contributed by atoms with Crippen molar-refractivity contribution in [3.05, 3.63) is 64.9 Å². The molecule has 1 atom stereocenters. The molecule has 2 heterocycles. The number of rotatable bonds is 5. The lowest BCUT2D eigenvalue weighted by molar-refractivity contribution is 0.0162. The molecule has 0 radical (unpaired) electrons. The Morgan fingerprint density at radius 2 is 2.00 bits per heavy atom. The fourth-order valence-corrected chi connectivity index (χ4v) is 3.05. The maximum atomic E-state index is 12.3. The van der Waals surface area contributed by atoms with E-state index in [0.717, 1.165) is 18.7 Å². The van der Waals surface area contributed by atoms with E-state index >= 15 is 0 Å². The van der Waals surface area contributed by atoms with Crippen molar-refractivity contribution < 1.29 is 9.53 Å². The molecule has 1 aromatic carbocycles. The molecule has 2 aromatic rings. The molecule has 126 valence electrons. The normalized spacial score (nSPS) is 16.5. The van der Waals surface area contributed by atoms with Gasteiger partial charge in [-0.15, -0.1) is 0 Å². The van der Waals surface area contributed by atoms with Crippen LogP contribution in [0, 0.1) is 0 Å². The summed E-state index contributed by atoms with van der Waals surface area (Å²) in [6, 6.07) is 11.3. The summed E-state index contributed by atoms with van der Waals surface area (Å²) >= 11 is 6.15. The van der Waals surface area contributed by atoms with Crippen LogP contribution in [-0.2, 0) is 4.74 Å². The second-order valence-corrected chi connectivity index (χ2v) is 6.10. The number of nitrogens with one attached hydrogen (secondary N) is 1. The van der Waals surface area contributed by atoms with Crippen LogP contribution < -0.4 is 5.32 Å². The molecule has 0 aliphatic carbocycles.